The minimum absolute atomic E-state index is 0.197. The van der Waals surface area contributed by atoms with Crippen LogP contribution in [0.4, 0.5) is 5.69 Å². The third-order valence-corrected chi connectivity index (χ3v) is 5.69. The van der Waals surface area contributed by atoms with Crippen molar-refractivity contribution >= 4 is 25.5 Å². The van der Waals surface area contributed by atoms with Gasteiger partial charge in [0.2, 0.25) is 10.0 Å². The van der Waals surface area contributed by atoms with Crippen LogP contribution >= 0.6 is 0 Å². The number of sulfonamides is 1. The van der Waals surface area contributed by atoms with E-state index in [2.05, 4.69) is 16.6 Å². The highest BCUT2D eigenvalue weighted by Gasteiger charge is 2.18. The van der Waals surface area contributed by atoms with Crippen molar-refractivity contribution in [2.45, 2.75) is 6.92 Å². The molecule has 6 nitrogen and oxygen atoms in total. The summed E-state index contributed by atoms with van der Waals surface area (Å²) in [5.41, 5.74) is 6.83. The second kappa shape index (κ2) is 6.26. The van der Waals surface area contributed by atoms with Crippen LogP contribution in [0.25, 0.3) is 0 Å². The first-order valence-electron chi connectivity index (χ1n) is 5.61. The van der Waals surface area contributed by atoms with Gasteiger partial charge in [-0.1, -0.05) is 17.9 Å². The Morgan fingerprint density at radius 3 is 2.45 bits per heavy atom. The normalized spacial score (nSPS) is 11.6. The molecule has 0 aliphatic rings. The van der Waals surface area contributed by atoms with Crippen molar-refractivity contribution in [1.82, 2.24) is 0 Å². The van der Waals surface area contributed by atoms with Gasteiger partial charge in [0.15, 0.2) is 14.9 Å². The summed E-state index contributed by atoms with van der Waals surface area (Å²) in [5.74, 6) is 5.43. The van der Waals surface area contributed by atoms with Crippen molar-refractivity contribution in [3.8, 4) is 11.8 Å². The SMILES string of the molecule is Cc1ccc(C#CCN)cc1NS(=O)(=O)CS(C)(=O)=O. The number of hydrogen-bond donors (Lipinski definition) is 2. The van der Waals surface area contributed by atoms with E-state index < -0.39 is 24.9 Å². The van der Waals surface area contributed by atoms with Gasteiger partial charge in [0, 0.05) is 11.8 Å². The second-order valence-corrected chi connectivity index (χ2v) is 8.52. The van der Waals surface area contributed by atoms with Gasteiger partial charge < -0.3 is 5.73 Å². The largest absolute Gasteiger partial charge is 0.320 e. The monoisotopic (exact) mass is 316 g/mol. The van der Waals surface area contributed by atoms with Crippen LogP contribution < -0.4 is 10.5 Å². The first kappa shape index (κ1) is 16.5. The molecule has 1 rings (SSSR count). The molecule has 0 heterocycles. The van der Waals surface area contributed by atoms with Crippen molar-refractivity contribution in [2.24, 2.45) is 5.73 Å². The minimum Gasteiger partial charge on any atom is -0.320 e. The predicted molar refractivity (Wildman–Crippen MR) is 79.4 cm³/mol. The number of hydrogen-bond acceptors (Lipinski definition) is 5. The topological polar surface area (TPSA) is 106 Å². The summed E-state index contributed by atoms with van der Waals surface area (Å²) in [6.45, 7) is 1.90. The zero-order chi connectivity index (χ0) is 15.4. The molecule has 0 aromatic heterocycles. The first-order chi connectivity index (χ1) is 9.13. The standard InChI is InChI=1S/C12H16N2O4S2/c1-10-5-6-11(4-3-7-13)8-12(10)14-20(17,18)9-19(2,15)16/h5-6,8,14H,7,9,13H2,1-2H3. The van der Waals surface area contributed by atoms with Gasteiger partial charge in [-0.3, -0.25) is 4.72 Å². The van der Waals surface area contributed by atoms with E-state index in [-0.39, 0.29) is 6.54 Å². The van der Waals surface area contributed by atoms with Gasteiger partial charge in [0.05, 0.1) is 12.2 Å². The smallest absolute Gasteiger partial charge is 0.247 e. The van der Waals surface area contributed by atoms with Gasteiger partial charge in [-0.2, -0.15) is 0 Å². The fraction of sp³-hybridized carbons (Fsp3) is 0.333. The third kappa shape index (κ3) is 5.61. The van der Waals surface area contributed by atoms with Crippen molar-refractivity contribution in [3.63, 3.8) is 0 Å². The number of anilines is 1. The van der Waals surface area contributed by atoms with Gasteiger partial charge in [0.1, 0.15) is 0 Å². The summed E-state index contributed by atoms with van der Waals surface area (Å²) in [6, 6.07) is 4.96. The summed E-state index contributed by atoms with van der Waals surface area (Å²) < 4.78 is 47.9. The van der Waals surface area contributed by atoms with Gasteiger partial charge in [0.25, 0.3) is 0 Å². The number of sulfone groups is 1. The Labute approximate surface area is 119 Å². The van der Waals surface area contributed by atoms with E-state index in [0.717, 1.165) is 6.26 Å². The molecule has 8 heteroatoms. The van der Waals surface area contributed by atoms with Crippen LogP contribution in [0.1, 0.15) is 11.1 Å². The fourth-order valence-electron chi connectivity index (χ4n) is 1.44. The van der Waals surface area contributed by atoms with E-state index in [1.54, 1.807) is 19.1 Å². The van der Waals surface area contributed by atoms with E-state index in [4.69, 9.17) is 5.73 Å². The van der Waals surface area contributed by atoms with Gasteiger partial charge >= 0.3 is 0 Å². The molecule has 3 N–H and O–H groups in total. The molecular formula is C12H16N2O4S2. The Morgan fingerprint density at radius 2 is 1.90 bits per heavy atom. The zero-order valence-corrected chi connectivity index (χ0v) is 12.8. The van der Waals surface area contributed by atoms with Crippen LogP contribution in [0, 0.1) is 18.8 Å². The average molecular weight is 316 g/mol. The molecule has 0 unspecified atom stereocenters. The molecular weight excluding hydrogens is 300 g/mol. The summed E-state index contributed by atoms with van der Waals surface area (Å²) >= 11 is 0. The van der Waals surface area contributed by atoms with E-state index >= 15 is 0 Å². The van der Waals surface area contributed by atoms with Gasteiger partial charge in [-0.25, -0.2) is 16.8 Å². The summed E-state index contributed by atoms with van der Waals surface area (Å²) in [5, 5.41) is -0.960. The van der Waals surface area contributed by atoms with Crippen LogP contribution in [-0.2, 0) is 19.9 Å². The number of nitrogens with two attached hydrogens (primary N) is 1. The Morgan fingerprint density at radius 1 is 1.25 bits per heavy atom. The molecule has 0 radical (unpaired) electrons. The Hall–Kier alpha value is -1.56. The zero-order valence-electron chi connectivity index (χ0n) is 11.2. The van der Waals surface area contributed by atoms with Crippen molar-refractivity contribution in [2.75, 3.05) is 22.6 Å². The highest BCUT2D eigenvalue weighted by molar-refractivity contribution is 8.08. The first-order valence-corrected chi connectivity index (χ1v) is 9.32. The number of aryl methyl sites for hydroxylation is 1. The Kier molecular flexibility index (Phi) is 5.16. The van der Waals surface area contributed by atoms with Crippen molar-refractivity contribution < 1.29 is 16.8 Å². The van der Waals surface area contributed by atoms with Gasteiger partial charge in [-0.05, 0) is 24.6 Å². The molecule has 0 spiro atoms. The fourth-order valence-corrected chi connectivity index (χ4v) is 4.49. The van der Waals surface area contributed by atoms with Crippen LogP contribution in [0.2, 0.25) is 0 Å². The molecule has 0 saturated carbocycles. The molecule has 0 atom stereocenters. The third-order valence-electron chi connectivity index (χ3n) is 2.21. The van der Waals surface area contributed by atoms with Crippen LogP contribution in [0.3, 0.4) is 0 Å². The highest BCUT2D eigenvalue weighted by Crippen LogP contribution is 2.18. The van der Waals surface area contributed by atoms with Crippen LogP contribution in [0.5, 0.6) is 0 Å². The molecule has 1 aromatic carbocycles. The van der Waals surface area contributed by atoms with E-state index in [1.807, 2.05) is 0 Å². The van der Waals surface area contributed by atoms with Crippen molar-refractivity contribution in [3.05, 3.63) is 29.3 Å². The highest BCUT2D eigenvalue weighted by atomic mass is 32.3. The molecule has 0 amide bonds. The molecule has 0 aliphatic carbocycles. The van der Waals surface area contributed by atoms with Gasteiger partial charge in [-0.15, -0.1) is 0 Å². The lowest BCUT2D eigenvalue weighted by Crippen LogP contribution is -2.22. The van der Waals surface area contributed by atoms with Crippen LogP contribution in [-0.4, -0.2) is 34.7 Å². The molecule has 20 heavy (non-hydrogen) atoms. The molecule has 0 aliphatic heterocycles. The predicted octanol–water partition coefficient (Wildman–Crippen LogP) is 0.0490. The molecule has 1 aromatic rings. The second-order valence-electron chi connectivity index (χ2n) is 4.30. The van der Waals surface area contributed by atoms with E-state index in [0.29, 0.717) is 16.8 Å². The summed E-state index contributed by atoms with van der Waals surface area (Å²) in [7, 11) is -7.60. The maximum atomic E-state index is 11.7. The Bertz CT molecular complexity index is 756. The lowest BCUT2D eigenvalue weighted by molar-refractivity contribution is 0.595. The molecule has 0 saturated heterocycles. The average Bonchev–Trinajstić information content (AvgIpc) is 2.26. The summed E-state index contributed by atoms with van der Waals surface area (Å²) in [4.78, 5) is 0. The van der Waals surface area contributed by atoms with E-state index in [9.17, 15) is 16.8 Å². The molecule has 0 bridgehead atoms. The van der Waals surface area contributed by atoms with Crippen LogP contribution in [0.15, 0.2) is 18.2 Å². The summed E-state index contributed by atoms with van der Waals surface area (Å²) in [6.07, 6.45) is 0.863. The van der Waals surface area contributed by atoms with E-state index in [1.165, 1.54) is 6.07 Å². The lowest BCUT2D eigenvalue weighted by Gasteiger charge is -2.10. The molecule has 0 fully saturated rings. The quantitative estimate of drug-likeness (QED) is 0.763. The maximum absolute atomic E-state index is 11.7. The number of benzene rings is 1. The van der Waals surface area contributed by atoms with Crippen molar-refractivity contribution in [1.29, 1.82) is 0 Å². The minimum atomic E-state index is -3.96. The molecule has 110 valence electrons. The number of nitrogens with one attached hydrogen (secondary N) is 1. The lowest BCUT2D eigenvalue weighted by atomic mass is 10.1. The number of rotatable bonds is 4. The Balaban J connectivity index is 3.08. The maximum Gasteiger partial charge on any atom is 0.247 e.